The van der Waals surface area contributed by atoms with Gasteiger partial charge < -0.3 is 14.2 Å². The molecule has 0 aromatic carbocycles. The normalized spacial score (nSPS) is 23.8. The Hall–Kier alpha value is -2.12. The summed E-state index contributed by atoms with van der Waals surface area (Å²) in [7, 11) is 0. The van der Waals surface area contributed by atoms with Crippen LogP contribution in [0.5, 0.6) is 0 Å². The standard InChI is InChI=1S/C19H27N5O2/c1-2-24-11-16(7-20-24)8-22-9-17-10-23(12-18(22)15-26-14-17)19(25)13-21-5-3-4-6-21/h3-7,11,17-18H,2,8-10,12-15H2,1H3/t17-,18+/m1/s1. The predicted octanol–water partition coefficient (Wildman–Crippen LogP) is 1.06. The molecule has 0 aliphatic carbocycles. The Labute approximate surface area is 154 Å². The number of rotatable bonds is 5. The van der Waals surface area contributed by atoms with Gasteiger partial charge in [0.05, 0.1) is 25.5 Å². The molecule has 1 amide bonds. The molecular formula is C19H27N5O2. The highest BCUT2D eigenvalue weighted by Crippen LogP contribution is 2.22. The minimum atomic E-state index is 0.193. The van der Waals surface area contributed by atoms with Gasteiger partial charge >= 0.3 is 0 Å². The summed E-state index contributed by atoms with van der Waals surface area (Å²) in [6.45, 7) is 8.16. The van der Waals surface area contributed by atoms with Crippen molar-refractivity contribution in [1.29, 1.82) is 0 Å². The van der Waals surface area contributed by atoms with Gasteiger partial charge in [0.25, 0.3) is 0 Å². The quantitative estimate of drug-likeness (QED) is 0.803. The van der Waals surface area contributed by atoms with E-state index >= 15 is 0 Å². The van der Waals surface area contributed by atoms with Gasteiger partial charge in [0.15, 0.2) is 0 Å². The number of aryl methyl sites for hydroxylation is 1. The Morgan fingerprint density at radius 2 is 2.08 bits per heavy atom. The van der Waals surface area contributed by atoms with Gasteiger partial charge in [-0.25, -0.2) is 0 Å². The Balaban J connectivity index is 1.45. The van der Waals surface area contributed by atoms with Crippen LogP contribution in [-0.4, -0.2) is 68.9 Å². The first-order chi connectivity index (χ1) is 12.7. The van der Waals surface area contributed by atoms with Gasteiger partial charge in [-0.15, -0.1) is 0 Å². The van der Waals surface area contributed by atoms with Crippen molar-refractivity contribution < 1.29 is 9.53 Å². The van der Waals surface area contributed by atoms with Crippen LogP contribution in [0.25, 0.3) is 0 Å². The van der Waals surface area contributed by atoms with Gasteiger partial charge in [0.1, 0.15) is 6.54 Å². The maximum Gasteiger partial charge on any atom is 0.242 e. The van der Waals surface area contributed by atoms with E-state index in [1.807, 2.05) is 44.9 Å². The number of hydrogen-bond acceptors (Lipinski definition) is 4. The van der Waals surface area contributed by atoms with Crippen LogP contribution >= 0.6 is 0 Å². The van der Waals surface area contributed by atoms with E-state index in [-0.39, 0.29) is 11.9 Å². The maximum atomic E-state index is 12.8. The van der Waals surface area contributed by atoms with Gasteiger partial charge in [0, 0.05) is 62.8 Å². The second-order valence-electron chi connectivity index (χ2n) is 7.35. The first-order valence-corrected chi connectivity index (χ1v) is 9.43. The fourth-order valence-corrected chi connectivity index (χ4v) is 3.95. The lowest BCUT2D eigenvalue weighted by Crippen LogP contribution is -2.46. The van der Waals surface area contributed by atoms with Crippen LogP contribution in [0.4, 0.5) is 0 Å². The second kappa shape index (κ2) is 7.63. The molecule has 4 heterocycles. The molecule has 2 aromatic rings. The first kappa shape index (κ1) is 17.3. The van der Waals surface area contributed by atoms with E-state index in [0.717, 1.165) is 39.3 Å². The molecule has 140 valence electrons. The zero-order valence-corrected chi connectivity index (χ0v) is 15.3. The molecule has 0 saturated carbocycles. The molecule has 2 bridgehead atoms. The smallest absolute Gasteiger partial charge is 0.242 e. The van der Waals surface area contributed by atoms with E-state index in [2.05, 4.69) is 23.1 Å². The molecule has 2 aromatic heterocycles. The second-order valence-corrected chi connectivity index (χ2v) is 7.35. The van der Waals surface area contributed by atoms with Crippen molar-refractivity contribution >= 4 is 5.91 Å². The fraction of sp³-hybridized carbons (Fsp3) is 0.579. The molecule has 2 saturated heterocycles. The van der Waals surface area contributed by atoms with Gasteiger partial charge in [-0.3, -0.25) is 14.4 Å². The molecule has 0 N–H and O–H groups in total. The van der Waals surface area contributed by atoms with Crippen molar-refractivity contribution in [3.05, 3.63) is 42.5 Å². The minimum Gasteiger partial charge on any atom is -0.379 e. The Bertz CT molecular complexity index is 726. The highest BCUT2D eigenvalue weighted by atomic mass is 16.5. The summed E-state index contributed by atoms with van der Waals surface area (Å²) in [6.07, 6.45) is 7.95. The molecular weight excluding hydrogens is 330 g/mol. The predicted molar refractivity (Wildman–Crippen MR) is 97.4 cm³/mol. The largest absolute Gasteiger partial charge is 0.379 e. The lowest BCUT2D eigenvalue weighted by atomic mass is 10.1. The summed E-state index contributed by atoms with van der Waals surface area (Å²) < 4.78 is 9.79. The minimum absolute atomic E-state index is 0.193. The zero-order chi connectivity index (χ0) is 17.9. The van der Waals surface area contributed by atoms with Crippen molar-refractivity contribution in [3.63, 3.8) is 0 Å². The number of hydrogen-bond donors (Lipinski definition) is 0. The number of carbonyl (C=O) groups is 1. The SMILES string of the molecule is CCn1cc(CN2C[C@H]3COC[C@@H]2CN(C(=O)Cn2cccc2)C3)cn1. The van der Waals surface area contributed by atoms with Gasteiger partial charge in [-0.05, 0) is 19.1 Å². The number of fused-ring (bicyclic) bond motifs is 3. The van der Waals surface area contributed by atoms with Crippen LogP contribution < -0.4 is 0 Å². The van der Waals surface area contributed by atoms with Crippen molar-refractivity contribution in [3.8, 4) is 0 Å². The summed E-state index contributed by atoms with van der Waals surface area (Å²) in [6, 6.07) is 4.15. The third kappa shape index (κ3) is 3.83. The summed E-state index contributed by atoms with van der Waals surface area (Å²) in [4.78, 5) is 17.3. The molecule has 0 radical (unpaired) electrons. The number of amides is 1. The van der Waals surface area contributed by atoms with Crippen molar-refractivity contribution in [2.75, 3.05) is 32.8 Å². The summed E-state index contributed by atoms with van der Waals surface area (Å²) in [5, 5.41) is 4.39. The van der Waals surface area contributed by atoms with E-state index < -0.39 is 0 Å². The molecule has 2 aliphatic rings. The molecule has 2 atom stereocenters. The van der Waals surface area contributed by atoms with Gasteiger partial charge in [-0.1, -0.05) is 0 Å². The van der Waals surface area contributed by atoms with Crippen LogP contribution in [0, 0.1) is 5.92 Å². The summed E-state index contributed by atoms with van der Waals surface area (Å²) in [5.74, 6) is 0.552. The van der Waals surface area contributed by atoms with Gasteiger partial charge in [-0.2, -0.15) is 5.10 Å². The topological polar surface area (TPSA) is 55.5 Å². The lowest BCUT2D eigenvalue weighted by Gasteiger charge is -2.31. The van der Waals surface area contributed by atoms with Crippen LogP contribution in [0.2, 0.25) is 0 Å². The third-order valence-corrected chi connectivity index (χ3v) is 5.32. The van der Waals surface area contributed by atoms with Crippen molar-refractivity contribution in [2.45, 2.75) is 32.6 Å². The Morgan fingerprint density at radius 3 is 2.85 bits per heavy atom. The summed E-state index contributed by atoms with van der Waals surface area (Å²) >= 11 is 0. The maximum absolute atomic E-state index is 12.8. The highest BCUT2D eigenvalue weighted by molar-refractivity contribution is 5.76. The van der Waals surface area contributed by atoms with Crippen LogP contribution in [-0.2, 0) is 29.2 Å². The molecule has 0 spiro atoms. The van der Waals surface area contributed by atoms with Crippen molar-refractivity contribution in [2.24, 2.45) is 5.92 Å². The molecule has 26 heavy (non-hydrogen) atoms. The van der Waals surface area contributed by atoms with Gasteiger partial charge in [0.2, 0.25) is 5.91 Å². The summed E-state index contributed by atoms with van der Waals surface area (Å²) in [5.41, 5.74) is 1.23. The molecule has 4 rings (SSSR count). The number of aromatic nitrogens is 3. The van der Waals surface area contributed by atoms with E-state index in [4.69, 9.17) is 4.74 Å². The van der Waals surface area contributed by atoms with E-state index in [9.17, 15) is 4.79 Å². The molecule has 2 fully saturated rings. The average Bonchev–Trinajstić information content (AvgIpc) is 3.20. The third-order valence-electron chi connectivity index (χ3n) is 5.32. The Morgan fingerprint density at radius 1 is 1.23 bits per heavy atom. The monoisotopic (exact) mass is 357 g/mol. The number of nitrogens with zero attached hydrogens (tertiary/aromatic N) is 5. The lowest BCUT2D eigenvalue weighted by molar-refractivity contribution is -0.133. The first-order valence-electron chi connectivity index (χ1n) is 9.43. The van der Waals surface area contributed by atoms with Crippen LogP contribution in [0.15, 0.2) is 36.9 Å². The van der Waals surface area contributed by atoms with E-state index in [1.165, 1.54) is 5.56 Å². The molecule has 0 unspecified atom stereocenters. The highest BCUT2D eigenvalue weighted by Gasteiger charge is 2.35. The average molecular weight is 357 g/mol. The number of carbonyl (C=O) groups excluding carboxylic acids is 1. The zero-order valence-electron chi connectivity index (χ0n) is 15.3. The molecule has 2 aliphatic heterocycles. The number of ether oxygens (including phenoxy) is 1. The molecule has 7 nitrogen and oxygen atoms in total. The van der Waals surface area contributed by atoms with Crippen LogP contribution in [0.1, 0.15) is 12.5 Å². The molecule has 7 heteroatoms. The van der Waals surface area contributed by atoms with Crippen LogP contribution in [0.3, 0.4) is 0 Å². The Kier molecular flexibility index (Phi) is 5.08. The van der Waals surface area contributed by atoms with Crippen molar-refractivity contribution in [1.82, 2.24) is 24.1 Å². The van der Waals surface area contributed by atoms with E-state index in [0.29, 0.717) is 19.1 Å². The fourth-order valence-electron chi connectivity index (χ4n) is 3.95. The van der Waals surface area contributed by atoms with E-state index in [1.54, 1.807) is 0 Å².